The maximum atomic E-state index is 12.6. The summed E-state index contributed by atoms with van der Waals surface area (Å²) < 4.78 is 29.0. The molecular formula is C21H27NO4S. The number of rotatable bonds is 7. The maximum absolute atomic E-state index is 12.6. The number of benzene rings is 2. The van der Waals surface area contributed by atoms with Gasteiger partial charge in [0.2, 0.25) is 0 Å². The second kappa shape index (κ2) is 8.57. The molecule has 0 unspecified atom stereocenters. The van der Waals surface area contributed by atoms with Crippen LogP contribution in [0.5, 0.6) is 5.75 Å². The molecular weight excluding hydrogens is 362 g/mol. The lowest BCUT2D eigenvalue weighted by Gasteiger charge is -2.22. The molecule has 2 aromatic rings. The zero-order valence-corrected chi connectivity index (χ0v) is 17.3. The van der Waals surface area contributed by atoms with Gasteiger partial charge >= 0.3 is 0 Å². The number of hydrogen-bond acceptors (Lipinski definition) is 4. The van der Waals surface area contributed by atoms with Crippen molar-refractivity contribution in [3.05, 3.63) is 59.2 Å². The molecule has 0 saturated heterocycles. The van der Waals surface area contributed by atoms with Crippen molar-refractivity contribution in [2.24, 2.45) is 0 Å². The molecule has 0 aliphatic carbocycles. The van der Waals surface area contributed by atoms with Crippen LogP contribution in [0, 0.1) is 13.8 Å². The number of carbonyl (C=O) groups excluding carboxylic acids is 1. The lowest BCUT2D eigenvalue weighted by atomic mass is 10.0. The molecule has 5 nitrogen and oxygen atoms in total. The van der Waals surface area contributed by atoms with Gasteiger partial charge in [0, 0.05) is 6.26 Å². The fraction of sp³-hybridized carbons (Fsp3) is 0.381. The minimum Gasteiger partial charge on any atom is -0.481 e. The molecule has 0 radical (unpaired) electrons. The lowest BCUT2D eigenvalue weighted by molar-refractivity contribution is -0.128. The molecule has 0 fully saturated rings. The van der Waals surface area contributed by atoms with Gasteiger partial charge in [-0.25, -0.2) is 8.42 Å². The number of amides is 1. The van der Waals surface area contributed by atoms with Gasteiger partial charge in [0.15, 0.2) is 15.9 Å². The van der Waals surface area contributed by atoms with Gasteiger partial charge in [0.1, 0.15) is 5.75 Å². The molecule has 0 heterocycles. The first kappa shape index (κ1) is 21.0. The zero-order valence-electron chi connectivity index (χ0n) is 16.4. The van der Waals surface area contributed by atoms with Gasteiger partial charge < -0.3 is 10.1 Å². The van der Waals surface area contributed by atoms with Gasteiger partial charge in [-0.2, -0.15) is 0 Å². The zero-order chi connectivity index (χ0) is 20.2. The molecule has 27 heavy (non-hydrogen) atoms. The van der Waals surface area contributed by atoms with Crippen LogP contribution in [0.4, 0.5) is 0 Å². The van der Waals surface area contributed by atoms with E-state index in [4.69, 9.17) is 4.74 Å². The lowest BCUT2D eigenvalue weighted by Crippen LogP contribution is -2.38. The van der Waals surface area contributed by atoms with Gasteiger partial charge in [0.25, 0.3) is 5.91 Å². The fourth-order valence-electron chi connectivity index (χ4n) is 2.83. The normalized spacial score (nSPS) is 13.7. The second-order valence-electron chi connectivity index (χ2n) is 6.84. The molecule has 6 heteroatoms. The Balaban J connectivity index is 2.07. The molecule has 0 spiro atoms. The predicted octanol–water partition coefficient (Wildman–Crippen LogP) is 3.74. The van der Waals surface area contributed by atoms with Gasteiger partial charge in [-0.15, -0.1) is 0 Å². The monoisotopic (exact) mass is 389 g/mol. The predicted molar refractivity (Wildman–Crippen MR) is 107 cm³/mol. The quantitative estimate of drug-likeness (QED) is 0.783. The number of carbonyl (C=O) groups is 1. The van der Waals surface area contributed by atoms with Crippen LogP contribution in [0.3, 0.4) is 0 Å². The van der Waals surface area contributed by atoms with Gasteiger partial charge in [-0.05, 0) is 56.5 Å². The SMILES string of the molecule is CC[C@@H](NC(=O)[C@@H](C)Oc1ccc(C)cc1C)c1ccc(S(C)(=O)=O)cc1. The third kappa shape index (κ3) is 5.57. The van der Waals surface area contributed by atoms with E-state index < -0.39 is 15.9 Å². The summed E-state index contributed by atoms with van der Waals surface area (Å²) in [5.41, 5.74) is 2.98. The third-order valence-electron chi connectivity index (χ3n) is 4.44. The van der Waals surface area contributed by atoms with Crippen LogP contribution < -0.4 is 10.1 Å². The summed E-state index contributed by atoms with van der Waals surface area (Å²) in [6.07, 6.45) is 1.21. The standard InChI is InChI=1S/C21H27NO4S/c1-6-19(17-8-10-18(11-9-17)27(5,24)25)22-21(23)16(4)26-20-12-7-14(2)13-15(20)3/h7-13,16,19H,6H2,1-5H3,(H,22,23)/t16-,19-/m1/s1. The number of hydrogen-bond donors (Lipinski definition) is 1. The molecule has 1 N–H and O–H groups in total. The van der Waals surface area contributed by atoms with Crippen LogP contribution in [0.15, 0.2) is 47.4 Å². The summed E-state index contributed by atoms with van der Waals surface area (Å²) in [5.74, 6) is 0.475. The van der Waals surface area contributed by atoms with Crippen molar-refractivity contribution in [2.75, 3.05) is 6.26 Å². The Kier molecular flexibility index (Phi) is 6.65. The fourth-order valence-corrected chi connectivity index (χ4v) is 3.46. The average molecular weight is 390 g/mol. The topological polar surface area (TPSA) is 72.5 Å². The summed E-state index contributed by atoms with van der Waals surface area (Å²) in [6.45, 7) is 7.64. The van der Waals surface area contributed by atoms with Crippen LogP contribution in [-0.2, 0) is 14.6 Å². The van der Waals surface area contributed by atoms with Gasteiger partial charge in [-0.3, -0.25) is 4.79 Å². The Bertz CT molecular complexity index is 904. The highest BCUT2D eigenvalue weighted by Crippen LogP contribution is 2.22. The summed E-state index contributed by atoms with van der Waals surface area (Å²) in [6, 6.07) is 12.2. The van der Waals surface area contributed by atoms with Crippen LogP contribution in [0.2, 0.25) is 0 Å². The van der Waals surface area contributed by atoms with Crippen LogP contribution in [0.25, 0.3) is 0 Å². The van der Waals surface area contributed by atoms with Crippen molar-refractivity contribution >= 4 is 15.7 Å². The van der Waals surface area contributed by atoms with Gasteiger partial charge in [0.05, 0.1) is 10.9 Å². The molecule has 0 bridgehead atoms. The van der Waals surface area contributed by atoms with E-state index in [0.29, 0.717) is 12.2 Å². The smallest absolute Gasteiger partial charge is 0.261 e. The van der Waals surface area contributed by atoms with Crippen molar-refractivity contribution in [2.45, 2.75) is 51.2 Å². The Labute approximate surface area is 161 Å². The molecule has 0 aromatic heterocycles. The summed E-state index contributed by atoms with van der Waals surface area (Å²) in [7, 11) is -3.24. The molecule has 2 aromatic carbocycles. The molecule has 1 amide bonds. The number of sulfone groups is 1. The van der Waals surface area contributed by atoms with Crippen LogP contribution >= 0.6 is 0 Å². The highest BCUT2D eigenvalue weighted by molar-refractivity contribution is 7.90. The van der Waals surface area contributed by atoms with E-state index in [2.05, 4.69) is 5.32 Å². The first-order chi connectivity index (χ1) is 12.6. The highest BCUT2D eigenvalue weighted by atomic mass is 32.2. The van der Waals surface area contributed by atoms with E-state index in [1.807, 2.05) is 39.0 Å². The van der Waals surface area contributed by atoms with Gasteiger partial charge in [-0.1, -0.05) is 36.8 Å². The van der Waals surface area contributed by atoms with E-state index >= 15 is 0 Å². The number of nitrogens with one attached hydrogen (secondary N) is 1. The molecule has 2 rings (SSSR count). The largest absolute Gasteiger partial charge is 0.481 e. The van der Waals surface area contributed by atoms with Crippen LogP contribution in [0.1, 0.15) is 43.0 Å². The Morgan fingerprint density at radius 1 is 1.11 bits per heavy atom. The van der Waals surface area contributed by atoms with Crippen molar-refractivity contribution in [3.63, 3.8) is 0 Å². The minimum absolute atomic E-state index is 0.212. The van der Waals surface area contributed by atoms with E-state index in [-0.39, 0.29) is 16.8 Å². The molecule has 0 saturated carbocycles. The minimum atomic E-state index is -3.24. The number of aryl methyl sites for hydroxylation is 2. The summed E-state index contributed by atoms with van der Waals surface area (Å²) >= 11 is 0. The molecule has 2 atom stereocenters. The molecule has 146 valence electrons. The third-order valence-corrected chi connectivity index (χ3v) is 5.57. The van der Waals surface area contributed by atoms with Crippen molar-refractivity contribution in [1.29, 1.82) is 0 Å². The van der Waals surface area contributed by atoms with E-state index in [9.17, 15) is 13.2 Å². The van der Waals surface area contributed by atoms with Crippen molar-refractivity contribution in [3.8, 4) is 5.75 Å². The summed E-state index contributed by atoms with van der Waals surface area (Å²) in [4.78, 5) is 12.8. The second-order valence-corrected chi connectivity index (χ2v) is 8.86. The average Bonchev–Trinajstić information content (AvgIpc) is 2.61. The first-order valence-electron chi connectivity index (χ1n) is 8.96. The van der Waals surface area contributed by atoms with Crippen molar-refractivity contribution < 1.29 is 17.9 Å². The summed E-state index contributed by atoms with van der Waals surface area (Å²) in [5, 5.41) is 2.98. The Hall–Kier alpha value is -2.34. The Morgan fingerprint density at radius 2 is 1.74 bits per heavy atom. The maximum Gasteiger partial charge on any atom is 0.261 e. The number of ether oxygens (including phenoxy) is 1. The van der Waals surface area contributed by atoms with Crippen LogP contribution in [-0.4, -0.2) is 26.7 Å². The van der Waals surface area contributed by atoms with E-state index in [0.717, 1.165) is 16.7 Å². The Morgan fingerprint density at radius 3 is 2.26 bits per heavy atom. The van der Waals surface area contributed by atoms with Crippen molar-refractivity contribution in [1.82, 2.24) is 5.32 Å². The molecule has 0 aliphatic rings. The van der Waals surface area contributed by atoms with E-state index in [1.165, 1.54) is 6.26 Å². The van der Waals surface area contributed by atoms with E-state index in [1.54, 1.807) is 31.2 Å². The first-order valence-corrected chi connectivity index (χ1v) is 10.8. The highest BCUT2D eigenvalue weighted by Gasteiger charge is 2.20. The molecule has 0 aliphatic heterocycles.